The first-order chi connectivity index (χ1) is 14.0. The maximum atomic E-state index is 12.0. The van der Waals surface area contributed by atoms with Crippen molar-refractivity contribution < 1.29 is 4.48 Å². The summed E-state index contributed by atoms with van der Waals surface area (Å²) in [6, 6.07) is 4.27. The maximum Gasteiger partial charge on any atom is 0.0903 e. The van der Waals surface area contributed by atoms with E-state index in [2.05, 4.69) is 53.2 Å². The van der Waals surface area contributed by atoms with Gasteiger partial charge in [0, 0.05) is 55.4 Å². The lowest BCUT2D eigenvalue weighted by atomic mass is 10.1. The van der Waals surface area contributed by atoms with E-state index in [1.54, 1.807) is 18.8 Å². The van der Waals surface area contributed by atoms with E-state index in [4.69, 9.17) is 0 Å². The molecule has 2 N–H and O–H groups in total. The Bertz CT molecular complexity index is 966. The number of rotatable bonds is 9. The van der Waals surface area contributed by atoms with E-state index in [0.29, 0.717) is 13.1 Å². The summed E-state index contributed by atoms with van der Waals surface area (Å²) in [4.78, 5) is 13.4. The van der Waals surface area contributed by atoms with Crippen LogP contribution in [0.3, 0.4) is 0 Å². The van der Waals surface area contributed by atoms with Gasteiger partial charge in [0.25, 0.3) is 0 Å². The Morgan fingerprint density at radius 1 is 1.28 bits per heavy atom. The van der Waals surface area contributed by atoms with Crippen molar-refractivity contribution in [2.45, 2.75) is 53.5 Å². The normalized spacial score (nSPS) is 13.2. The Balaban J connectivity index is 2.27. The second-order valence-electron chi connectivity index (χ2n) is 7.25. The van der Waals surface area contributed by atoms with Crippen LogP contribution in [0.2, 0.25) is 0 Å². The molecule has 156 valence electrons. The molecule has 2 aromatic heterocycles. The van der Waals surface area contributed by atoms with Crippen molar-refractivity contribution in [3.8, 4) is 0 Å². The summed E-state index contributed by atoms with van der Waals surface area (Å²) < 4.78 is 12.0. The summed E-state index contributed by atoms with van der Waals surface area (Å²) in [6.45, 7) is 9.40. The van der Waals surface area contributed by atoms with Crippen LogP contribution in [0, 0.1) is 13.8 Å². The third-order valence-electron chi connectivity index (χ3n) is 4.94. The minimum Gasteiger partial charge on any atom is -0.386 e. The third-order valence-corrected chi connectivity index (χ3v) is 4.94. The fourth-order valence-corrected chi connectivity index (χ4v) is 3.24. The maximum absolute atomic E-state index is 12.0. The molecule has 0 saturated heterocycles. The van der Waals surface area contributed by atoms with E-state index in [-0.39, 0.29) is 0 Å². The molecule has 2 aromatic rings. The molecule has 2 rings (SSSR count). The number of nitrogens with zero attached hydrogens (tertiary/aromatic N) is 3. The summed E-state index contributed by atoms with van der Waals surface area (Å²) in [5.41, 5.74) is 8.12. The van der Waals surface area contributed by atoms with Crippen molar-refractivity contribution in [2.75, 3.05) is 13.6 Å². The number of aryl methyl sites for hydroxylation is 3. The number of halogens is 1. The summed E-state index contributed by atoms with van der Waals surface area (Å²) >= 11 is 0. The van der Waals surface area contributed by atoms with Crippen LogP contribution in [0.15, 0.2) is 23.3 Å². The van der Waals surface area contributed by atoms with Crippen LogP contribution in [-0.4, -0.2) is 29.8 Å². The van der Waals surface area contributed by atoms with Crippen molar-refractivity contribution in [1.82, 2.24) is 20.8 Å². The average molecular weight is 398 g/mol. The summed E-state index contributed by atoms with van der Waals surface area (Å²) in [6.07, 6.45) is 8.20. The first kappa shape index (κ1) is 22.7. The molecular formula is C23H32FN5. The molecule has 29 heavy (non-hydrogen) atoms. The quantitative estimate of drug-likeness (QED) is 0.388. The fraction of sp³-hybridized carbons (Fsp3) is 0.435. The van der Waals surface area contributed by atoms with Gasteiger partial charge in [0.2, 0.25) is 0 Å². The van der Waals surface area contributed by atoms with Gasteiger partial charge in [-0.25, -0.2) is 0 Å². The number of nitrogens with one attached hydrogen (secondary N) is 2. The van der Waals surface area contributed by atoms with Gasteiger partial charge < -0.3 is 5.32 Å². The topological polar surface area (TPSA) is 62.2 Å². The van der Waals surface area contributed by atoms with E-state index in [1.165, 1.54) is 10.8 Å². The molecule has 6 heteroatoms. The minimum atomic E-state index is 0.351. The SMILES string of the molecule is CC/C(C)=c1/cc(C)nc(/C=N\C)/c1=C/NCc1cnc(CCCNF)c(C)c1. The molecule has 0 amide bonds. The zero-order valence-corrected chi connectivity index (χ0v) is 18.1. The molecule has 0 spiro atoms. The first-order valence-corrected chi connectivity index (χ1v) is 10.1. The Labute approximate surface area is 172 Å². The van der Waals surface area contributed by atoms with Crippen LogP contribution >= 0.6 is 0 Å². The lowest BCUT2D eigenvalue weighted by Gasteiger charge is -2.08. The van der Waals surface area contributed by atoms with Crippen LogP contribution in [0.4, 0.5) is 4.48 Å². The van der Waals surface area contributed by atoms with Gasteiger partial charge in [-0.1, -0.05) is 18.6 Å². The lowest BCUT2D eigenvalue weighted by molar-refractivity contribution is 0.331. The first-order valence-electron chi connectivity index (χ1n) is 10.1. The van der Waals surface area contributed by atoms with Crippen molar-refractivity contribution in [3.05, 3.63) is 57.0 Å². The van der Waals surface area contributed by atoms with Gasteiger partial charge in [-0.05, 0) is 62.4 Å². The predicted octanol–water partition coefficient (Wildman–Crippen LogP) is 2.66. The Hall–Kier alpha value is -2.60. The highest BCUT2D eigenvalue weighted by Crippen LogP contribution is 2.09. The number of aromatic nitrogens is 2. The van der Waals surface area contributed by atoms with Gasteiger partial charge in [-0.15, -0.1) is 4.48 Å². The molecule has 5 nitrogen and oxygen atoms in total. The Kier molecular flexibility index (Phi) is 8.93. The van der Waals surface area contributed by atoms with Gasteiger partial charge in [0.15, 0.2) is 0 Å². The molecule has 0 aliphatic heterocycles. The van der Waals surface area contributed by atoms with Crippen molar-refractivity contribution in [3.63, 3.8) is 0 Å². The minimum absolute atomic E-state index is 0.351. The molecule has 0 aliphatic carbocycles. The fourth-order valence-electron chi connectivity index (χ4n) is 3.24. The van der Waals surface area contributed by atoms with Gasteiger partial charge >= 0.3 is 0 Å². The summed E-state index contributed by atoms with van der Waals surface area (Å²) in [7, 11) is 1.76. The third kappa shape index (κ3) is 6.46. The van der Waals surface area contributed by atoms with Gasteiger partial charge in [-0.2, -0.15) is 5.54 Å². The Morgan fingerprint density at radius 3 is 2.72 bits per heavy atom. The molecular weight excluding hydrogens is 365 g/mol. The van der Waals surface area contributed by atoms with Gasteiger partial charge in [0.05, 0.1) is 5.69 Å². The summed E-state index contributed by atoms with van der Waals surface area (Å²) in [5.74, 6) is 0. The van der Waals surface area contributed by atoms with Crippen molar-refractivity contribution in [1.29, 1.82) is 0 Å². The number of hydrogen-bond acceptors (Lipinski definition) is 5. The van der Waals surface area contributed by atoms with Crippen LogP contribution in [0.1, 0.15) is 54.9 Å². The highest BCUT2D eigenvalue weighted by molar-refractivity contribution is 5.78. The molecule has 0 unspecified atom stereocenters. The van der Waals surface area contributed by atoms with E-state index < -0.39 is 0 Å². The van der Waals surface area contributed by atoms with E-state index in [9.17, 15) is 4.48 Å². The largest absolute Gasteiger partial charge is 0.386 e. The predicted molar refractivity (Wildman–Crippen MR) is 119 cm³/mol. The van der Waals surface area contributed by atoms with Gasteiger partial charge in [-0.3, -0.25) is 15.0 Å². The molecule has 0 aromatic carbocycles. The average Bonchev–Trinajstić information content (AvgIpc) is 2.70. The molecule has 0 aliphatic rings. The van der Waals surface area contributed by atoms with Gasteiger partial charge in [0.1, 0.15) is 0 Å². The second kappa shape index (κ2) is 11.4. The molecule has 0 fully saturated rings. The van der Waals surface area contributed by atoms with Crippen LogP contribution in [0.5, 0.6) is 0 Å². The Morgan fingerprint density at radius 2 is 2.07 bits per heavy atom. The molecule has 0 bridgehead atoms. The zero-order valence-electron chi connectivity index (χ0n) is 18.1. The van der Waals surface area contributed by atoms with Crippen LogP contribution in [0.25, 0.3) is 11.8 Å². The van der Waals surface area contributed by atoms with Crippen molar-refractivity contribution >= 4 is 18.0 Å². The second-order valence-corrected chi connectivity index (χ2v) is 7.25. The van der Waals surface area contributed by atoms with E-state index >= 15 is 0 Å². The van der Waals surface area contributed by atoms with Crippen LogP contribution in [-0.2, 0) is 13.0 Å². The number of pyridine rings is 2. The van der Waals surface area contributed by atoms with Crippen LogP contribution < -0.4 is 21.3 Å². The molecule has 0 atom stereocenters. The van der Waals surface area contributed by atoms with Crippen molar-refractivity contribution in [2.24, 2.45) is 4.99 Å². The smallest absolute Gasteiger partial charge is 0.0903 e. The molecule has 0 radical (unpaired) electrons. The molecule has 2 heterocycles. The highest BCUT2D eigenvalue weighted by Gasteiger charge is 2.04. The number of hydrogen-bond donors (Lipinski definition) is 2. The van der Waals surface area contributed by atoms with E-state index in [1.807, 2.05) is 19.3 Å². The monoisotopic (exact) mass is 397 g/mol. The number of aliphatic imine (C=N–C) groups is 1. The highest BCUT2D eigenvalue weighted by atomic mass is 19.2. The molecule has 0 saturated carbocycles. The van der Waals surface area contributed by atoms with E-state index in [0.717, 1.165) is 52.7 Å². The zero-order chi connectivity index (χ0) is 21.2. The lowest BCUT2D eigenvalue weighted by Crippen LogP contribution is -2.34. The standard InChI is InChI=1S/C23H32FN5/c1-6-16(2)20-11-18(4)29-23(15-25-5)21(20)14-26-12-19-10-17(3)22(27-13-19)8-7-9-28-24/h10-11,13-15,26,28H,6-9,12H2,1-5H3/b20-16-,21-14+,25-15-. The summed E-state index contributed by atoms with van der Waals surface area (Å²) in [5, 5.41) is 5.67.